The third-order valence-electron chi connectivity index (χ3n) is 2.15. The molecule has 0 aliphatic carbocycles. The van der Waals surface area contributed by atoms with Gasteiger partial charge in [0.25, 0.3) is 0 Å². The first-order valence-electron chi connectivity index (χ1n) is 4.81. The second-order valence-electron chi connectivity index (χ2n) is 3.46. The highest BCUT2D eigenvalue weighted by Crippen LogP contribution is 2.21. The third kappa shape index (κ3) is 3.37. The van der Waals surface area contributed by atoms with E-state index in [0.29, 0.717) is 0 Å². The average molecular weight is 369 g/mol. The van der Waals surface area contributed by atoms with Crippen LogP contribution in [0, 0.1) is 3.57 Å². The van der Waals surface area contributed by atoms with Crippen molar-refractivity contribution in [3.05, 3.63) is 33.4 Å². The lowest BCUT2D eigenvalue weighted by Gasteiger charge is -2.24. The Balaban J connectivity index is 2.76. The van der Waals surface area contributed by atoms with E-state index in [9.17, 15) is 23.5 Å². The van der Waals surface area contributed by atoms with Gasteiger partial charge in [-0.05, 0) is 53.8 Å². The van der Waals surface area contributed by atoms with E-state index in [-0.39, 0.29) is 5.56 Å². The summed E-state index contributed by atoms with van der Waals surface area (Å²) in [6.07, 6.45) is -2.10. The molecule has 1 aromatic rings. The molecule has 1 aromatic carbocycles. The molecule has 0 aliphatic heterocycles. The maximum Gasteiger partial charge on any atom is 0.338 e. The number of aliphatic carboxylic acids is 1. The molecular weight excluding hydrogens is 361 g/mol. The zero-order chi connectivity index (χ0) is 13.9. The van der Waals surface area contributed by atoms with Gasteiger partial charge in [0, 0.05) is 3.57 Å². The molecule has 1 unspecified atom stereocenters. The number of rotatable bonds is 4. The van der Waals surface area contributed by atoms with E-state index >= 15 is 0 Å². The van der Waals surface area contributed by atoms with Crippen molar-refractivity contribution < 1.29 is 28.2 Å². The van der Waals surface area contributed by atoms with Gasteiger partial charge in [-0.1, -0.05) is 0 Å². The number of halogens is 3. The van der Waals surface area contributed by atoms with Crippen molar-refractivity contribution in [2.24, 2.45) is 0 Å². The second kappa shape index (κ2) is 5.59. The summed E-state index contributed by atoms with van der Waals surface area (Å²) in [5.74, 6) is -7.82. The Labute approximate surface area is 115 Å². The van der Waals surface area contributed by atoms with Crippen molar-refractivity contribution in [2.45, 2.75) is 19.0 Å². The van der Waals surface area contributed by atoms with E-state index in [1.807, 2.05) is 22.6 Å². The molecule has 0 saturated carbocycles. The molecule has 98 valence electrons. The maximum absolute atomic E-state index is 12.9. The number of ether oxygens (including phenoxy) is 1. The molecule has 0 heterocycles. The van der Waals surface area contributed by atoms with Gasteiger partial charge in [-0.2, -0.15) is 8.78 Å². The maximum atomic E-state index is 12.9. The minimum Gasteiger partial charge on any atom is -0.544 e. The first-order chi connectivity index (χ1) is 8.25. The molecule has 0 fully saturated rings. The second-order valence-corrected chi connectivity index (χ2v) is 4.71. The normalized spacial score (nSPS) is 12.9. The van der Waals surface area contributed by atoms with Crippen molar-refractivity contribution in [2.75, 3.05) is 0 Å². The van der Waals surface area contributed by atoms with Crippen molar-refractivity contribution in [1.29, 1.82) is 0 Å². The predicted molar refractivity (Wildman–Crippen MR) is 64.0 cm³/mol. The largest absolute Gasteiger partial charge is 0.544 e. The molecule has 1 atom stereocenters. The van der Waals surface area contributed by atoms with Crippen LogP contribution in [-0.4, -0.2) is 24.0 Å². The minimum atomic E-state index is -4.22. The zero-order valence-corrected chi connectivity index (χ0v) is 11.3. The van der Waals surface area contributed by atoms with Gasteiger partial charge in [-0.15, -0.1) is 0 Å². The van der Waals surface area contributed by atoms with Crippen LogP contribution in [0.5, 0.6) is 0 Å². The van der Waals surface area contributed by atoms with Crippen LogP contribution < -0.4 is 5.11 Å². The van der Waals surface area contributed by atoms with Gasteiger partial charge in [0.05, 0.1) is 5.56 Å². The lowest BCUT2D eigenvalue weighted by atomic mass is 10.2. The van der Waals surface area contributed by atoms with Crippen LogP contribution in [-0.2, 0) is 9.53 Å². The molecule has 0 N–H and O–H groups in total. The van der Waals surface area contributed by atoms with Crippen LogP contribution in [0.4, 0.5) is 8.78 Å². The number of hydrogen-bond acceptors (Lipinski definition) is 4. The zero-order valence-electron chi connectivity index (χ0n) is 9.15. The Morgan fingerprint density at radius 1 is 1.33 bits per heavy atom. The van der Waals surface area contributed by atoms with Crippen LogP contribution in [0.3, 0.4) is 0 Å². The van der Waals surface area contributed by atoms with Crippen molar-refractivity contribution in [3.8, 4) is 0 Å². The monoisotopic (exact) mass is 369 g/mol. The standard InChI is InChI=1S/C11H9F2IO4/c1-6(11(12,13)10(16)17)18-9(15)7-2-4-8(14)5-3-7/h2-6H,1H3,(H,16,17)/p-1. The summed E-state index contributed by atoms with van der Waals surface area (Å²) < 4.78 is 31.1. The SMILES string of the molecule is CC(OC(=O)c1ccc(I)cc1)C(F)(F)C(=O)[O-]. The topological polar surface area (TPSA) is 66.4 Å². The molecular formula is C11H8F2IO4-. The van der Waals surface area contributed by atoms with Gasteiger partial charge >= 0.3 is 11.9 Å². The Bertz CT molecular complexity index is 459. The fraction of sp³-hybridized carbons (Fsp3) is 0.273. The van der Waals surface area contributed by atoms with E-state index in [4.69, 9.17) is 0 Å². The van der Waals surface area contributed by atoms with Gasteiger partial charge in [0.1, 0.15) is 5.97 Å². The summed E-state index contributed by atoms with van der Waals surface area (Å²) in [6.45, 7) is 0.792. The first kappa shape index (κ1) is 14.8. The highest BCUT2D eigenvalue weighted by atomic mass is 127. The highest BCUT2D eigenvalue weighted by molar-refractivity contribution is 14.1. The number of carbonyl (C=O) groups excluding carboxylic acids is 2. The fourth-order valence-electron chi connectivity index (χ4n) is 1.05. The van der Waals surface area contributed by atoms with Crippen LogP contribution >= 0.6 is 22.6 Å². The van der Waals surface area contributed by atoms with E-state index < -0.39 is 24.0 Å². The van der Waals surface area contributed by atoms with E-state index in [2.05, 4.69) is 4.74 Å². The quantitative estimate of drug-likeness (QED) is 0.592. The molecule has 18 heavy (non-hydrogen) atoms. The van der Waals surface area contributed by atoms with Crippen molar-refractivity contribution in [3.63, 3.8) is 0 Å². The van der Waals surface area contributed by atoms with Crippen molar-refractivity contribution >= 4 is 34.5 Å². The summed E-state index contributed by atoms with van der Waals surface area (Å²) in [5, 5.41) is 10.2. The molecule has 0 aliphatic rings. The average Bonchev–Trinajstić information content (AvgIpc) is 2.29. The molecule has 0 radical (unpaired) electrons. The Morgan fingerprint density at radius 2 is 1.83 bits per heavy atom. The predicted octanol–water partition coefficient (Wildman–Crippen LogP) is 1.22. The van der Waals surface area contributed by atoms with Crippen LogP contribution in [0.25, 0.3) is 0 Å². The number of alkyl halides is 2. The molecule has 4 nitrogen and oxygen atoms in total. The van der Waals surface area contributed by atoms with Gasteiger partial charge in [0.2, 0.25) is 0 Å². The van der Waals surface area contributed by atoms with Crippen LogP contribution in [0.2, 0.25) is 0 Å². The van der Waals surface area contributed by atoms with Gasteiger partial charge in [0.15, 0.2) is 6.10 Å². The molecule has 0 spiro atoms. The highest BCUT2D eigenvalue weighted by Gasteiger charge is 2.41. The van der Waals surface area contributed by atoms with Crippen LogP contribution in [0.15, 0.2) is 24.3 Å². The first-order valence-corrected chi connectivity index (χ1v) is 5.89. The molecule has 0 aromatic heterocycles. The molecule has 0 bridgehead atoms. The van der Waals surface area contributed by atoms with E-state index in [0.717, 1.165) is 10.5 Å². The Kier molecular flexibility index (Phi) is 4.60. The van der Waals surface area contributed by atoms with Gasteiger partial charge in [-0.3, -0.25) is 0 Å². The third-order valence-corrected chi connectivity index (χ3v) is 2.87. The summed E-state index contributed by atoms with van der Waals surface area (Å²) in [6, 6.07) is 5.99. The molecule has 0 amide bonds. The van der Waals surface area contributed by atoms with E-state index in [1.54, 1.807) is 12.1 Å². The number of benzene rings is 1. The lowest BCUT2D eigenvalue weighted by Crippen LogP contribution is -2.50. The van der Waals surface area contributed by atoms with Crippen molar-refractivity contribution in [1.82, 2.24) is 0 Å². The van der Waals surface area contributed by atoms with Gasteiger partial charge < -0.3 is 14.6 Å². The summed E-state index contributed by atoms with van der Waals surface area (Å²) in [4.78, 5) is 21.6. The van der Waals surface area contributed by atoms with Gasteiger partial charge in [-0.25, -0.2) is 4.79 Å². The summed E-state index contributed by atoms with van der Waals surface area (Å²) in [7, 11) is 0. The number of carboxylic acid groups (broad SMARTS) is 1. The number of hydrogen-bond donors (Lipinski definition) is 0. The lowest BCUT2D eigenvalue weighted by molar-refractivity contribution is -0.335. The molecule has 0 saturated heterocycles. The number of carbonyl (C=O) groups is 2. The smallest absolute Gasteiger partial charge is 0.338 e. The molecule has 7 heteroatoms. The molecule has 1 rings (SSSR count). The van der Waals surface area contributed by atoms with Crippen LogP contribution in [0.1, 0.15) is 17.3 Å². The Morgan fingerprint density at radius 3 is 2.28 bits per heavy atom. The number of esters is 1. The number of carboxylic acids is 1. The summed E-state index contributed by atoms with van der Waals surface area (Å²) in [5.41, 5.74) is 0.0661. The summed E-state index contributed by atoms with van der Waals surface area (Å²) >= 11 is 2.01. The Hall–Kier alpha value is -1.25. The van der Waals surface area contributed by atoms with E-state index in [1.165, 1.54) is 12.1 Å². The fourth-order valence-corrected chi connectivity index (χ4v) is 1.41. The minimum absolute atomic E-state index is 0.0661.